The van der Waals surface area contributed by atoms with E-state index in [0.717, 1.165) is 26.0 Å². The highest BCUT2D eigenvalue weighted by Crippen LogP contribution is 2.23. The molecule has 2 atom stereocenters. The lowest BCUT2D eigenvalue weighted by molar-refractivity contribution is -0.151. The van der Waals surface area contributed by atoms with Crippen LogP contribution >= 0.6 is 11.3 Å². The number of rotatable bonds is 9. The smallest absolute Gasteiger partial charge is 0.254 e. The van der Waals surface area contributed by atoms with Crippen LogP contribution in [0.4, 0.5) is 11.4 Å². The summed E-state index contributed by atoms with van der Waals surface area (Å²) in [6.45, 7) is 0.840. The van der Waals surface area contributed by atoms with Crippen molar-refractivity contribution in [2.45, 2.75) is 25.3 Å². The Morgan fingerprint density at radius 3 is 2.21 bits per heavy atom. The number of carbonyl (C=O) groups is 2. The van der Waals surface area contributed by atoms with Gasteiger partial charge in [-0.3, -0.25) is 9.59 Å². The number of aliphatic hydroxyl groups is 2. The second-order valence-electron chi connectivity index (χ2n) is 6.36. The van der Waals surface area contributed by atoms with Gasteiger partial charge in [-0.1, -0.05) is 12.1 Å². The Hall–Kier alpha value is -2.62. The second-order valence-corrected chi connectivity index (χ2v) is 7.61. The Bertz CT molecular complexity index is 809. The van der Waals surface area contributed by atoms with Crippen molar-refractivity contribution in [1.29, 1.82) is 0 Å². The summed E-state index contributed by atoms with van der Waals surface area (Å²) < 4.78 is 0. The number of para-hydroxylation sites is 2. The molecule has 5 N–H and O–H groups in total. The van der Waals surface area contributed by atoms with Crippen LogP contribution in [0.2, 0.25) is 0 Å². The van der Waals surface area contributed by atoms with Crippen LogP contribution in [0.5, 0.6) is 0 Å². The normalized spacial score (nSPS) is 12.8. The molecule has 1 aromatic heterocycles. The third kappa shape index (κ3) is 5.69. The summed E-state index contributed by atoms with van der Waals surface area (Å²) in [6, 6.07) is 11.7. The van der Waals surface area contributed by atoms with E-state index in [4.69, 9.17) is 0 Å². The van der Waals surface area contributed by atoms with Crippen LogP contribution in [0.25, 0.3) is 0 Å². The fourth-order valence-electron chi connectivity index (χ4n) is 2.47. The van der Waals surface area contributed by atoms with Gasteiger partial charge in [-0.25, -0.2) is 0 Å². The maximum absolute atomic E-state index is 12.0. The lowest BCUT2D eigenvalue weighted by Crippen LogP contribution is -2.48. The number of hydrogen-bond acceptors (Lipinski definition) is 7. The monoisotopic (exact) mass is 406 g/mol. The molecule has 0 saturated heterocycles. The van der Waals surface area contributed by atoms with Crippen LogP contribution in [0.15, 0.2) is 36.4 Å². The molecule has 1 aromatic carbocycles. The van der Waals surface area contributed by atoms with E-state index in [0.29, 0.717) is 6.54 Å². The highest BCUT2D eigenvalue weighted by molar-refractivity contribution is 7.12. The van der Waals surface area contributed by atoms with Gasteiger partial charge in [0.2, 0.25) is 0 Å². The van der Waals surface area contributed by atoms with Gasteiger partial charge in [0.1, 0.15) is 0 Å². The number of hydrogen-bond donors (Lipinski definition) is 5. The van der Waals surface area contributed by atoms with Crippen molar-refractivity contribution in [3.05, 3.63) is 46.2 Å². The predicted octanol–water partition coefficient (Wildman–Crippen LogP) is 0.828. The number of aliphatic hydroxyl groups excluding tert-OH is 2. The molecule has 0 saturated carbocycles. The van der Waals surface area contributed by atoms with Gasteiger partial charge < -0.3 is 31.1 Å². The molecule has 8 nitrogen and oxygen atoms in total. The molecule has 9 heteroatoms. The Morgan fingerprint density at radius 2 is 1.61 bits per heavy atom. The standard InChI is InChI=1S/C19H26N4O4S/c1-20-14-6-4-5-7-15(14)21-10-12-8-9-13(28-12)11-22-18(26)16(24)17(25)19(27)23(2)3/h4-9,16-17,20-21,24-25H,10-11H2,1-3H3,(H,22,26)/t16-,17-/m1/s1. The Balaban J connectivity index is 1.85. The first-order chi connectivity index (χ1) is 13.3. The van der Waals surface area contributed by atoms with Crippen molar-refractivity contribution in [2.24, 2.45) is 0 Å². The van der Waals surface area contributed by atoms with E-state index in [9.17, 15) is 19.8 Å². The number of carbonyl (C=O) groups excluding carboxylic acids is 2. The topological polar surface area (TPSA) is 114 Å². The first-order valence-electron chi connectivity index (χ1n) is 8.76. The molecule has 0 radical (unpaired) electrons. The first kappa shape index (κ1) is 21.7. The van der Waals surface area contributed by atoms with E-state index in [1.54, 1.807) is 0 Å². The molecular formula is C19H26N4O4S. The van der Waals surface area contributed by atoms with Crippen molar-refractivity contribution in [1.82, 2.24) is 10.2 Å². The molecule has 2 amide bonds. The van der Waals surface area contributed by atoms with Gasteiger partial charge >= 0.3 is 0 Å². The van der Waals surface area contributed by atoms with Crippen molar-refractivity contribution in [3.63, 3.8) is 0 Å². The van der Waals surface area contributed by atoms with Crippen LogP contribution in [0, 0.1) is 0 Å². The number of anilines is 2. The first-order valence-corrected chi connectivity index (χ1v) is 9.58. The third-order valence-corrected chi connectivity index (χ3v) is 5.15. The number of benzene rings is 1. The highest BCUT2D eigenvalue weighted by Gasteiger charge is 2.31. The minimum absolute atomic E-state index is 0.205. The van der Waals surface area contributed by atoms with Gasteiger partial charge in [0.15, 0.2) is 12.2 Å². The molecular weight excluding hydrogens is 380 g/mol. The van der Waals surface area contributed by atoms with E-state index in [1.165, 1.54) is 25.4 Å². The zero-order valence-corrected chi connectivity index (χ0v) is 16.9. The van der Waals surface area contributed by atoms with E-state index < -0.39 is 24.0 Å². The summed E-state index contributed by atoms with van der Waals surface area (Å²) in [5.41, 5.74) is 2.00. The summed E-state index contributed by atoms with van der Waals surface area (Å²) in [7, 11) is 4.74. The van der Waals surface area contributed by atoms with Crippen LogP contribution in [0.3, 0.4) is 0 Å². The fourth-order valence-corrected chi connectivity index (χ4v) is 3.37. The fraction of sp³-hybridized carbons (Fsp3) is 0.368. The minimum atomic E-state index is -1.81. The molecule has 2 aromatic rings. The molecule has 0 spiro atoms. The van der Waals surface area contributed by atoms with Crippen LogP contribution in [0.1, 0.15) is 9.75 Å². The van der Waals surface area contributed by atoms with E-state index in [-0.39, 0.29) is 6.54 Å². The van der Waals surface area contributed by atoms with Crippen molar-refractivity contribution in [3.8, 4) is 0 Å². The second kappa shape index (κ2) is 10.1. The van der Waals surface area contributed by atoms with Crippen molar-refractivity contribution < 1.29 is 19.8 Å². The highest BCUT2D eigenvalue weighted by atomic mass is 32.1. The summed E-state index contributed by atoms with van der Waals surface area (Å²) in [5.74, 6) is -1.52. The zero-order chi connectivity index (χ0) is 20.7. The number of nitrogens with one attached hydrogen (secondary N) is 3. The molecule has 0 aliphatic heterocycles. The van der Waals surface area contributed by atoms with E-state index >= 15 is 0 Å². The summed E-state index contributed by atoms with van der Waals surface area (Å²) in [6.07, 6.45) is -3.60. The van der Waals surface area contributed by atoms with Gasteiger partial charge in [-0.05, 0) is 24.3 Å². The average molecular weight is 407 g/mol. The summed E-state index contributed by atoms with van der Waals surface area (Å²) >= 11 is 1.52. The summed E-state index contributed by atoms with van der Waals surface area (Å²) in [5, 5.41) is 28.6. The van der Waals surface area contributed by atoms with E-state index in [2.05, 4.69) is 16.0 Å². The predicted molar refractivity (Wildman–Crippen MR) is 110 cm³/mol. The maximum Gasteiger partial charge on any atom is 0.254 e. The van der Waals surface area contributed by atoms with Crippen LogP contribution in [-0.4, -0.2) is 60.3 Å². The zero-order valence-electron chi connectivity index (χ0n) is 16.1. The van der Waals surface area contributed by atoms with Gasteiger partial charge in [-0.2, -0.15) is 0 Å². The number of nitrogens with zero attached hydrogens (tertiary/aromatic N) is 1. The molecule has 28 heavy (non-hydrogen) atoms. The van der Waals surface area contributed by atoms with Crippen molar-refractivity contribution >= 4 is 34.5 Å². The lowest BCUT2D eigenvalue weighted by atomic mass is 10.1. The van der Waals surface area contributed by atoms with Gasteiger partial charge in [-0.15, -0.1) is 11.3 Å². The largest absolute Gasteiger partial charge is 0.386 e. The number of thiophene rings is 1. The maximum atomic E-state index is 12.0. The Morgan fingerprint density at radius 1 is 1.00 bits per heavy atom. The molecule has 1 heterocycles. The Labute approximate surface area is 168 Å². The van der Waals surface area contributed by atoms with Crippen LogP contribution < -0.4 is 16.0 Å². The van der Waals surface area contributed by atoms with Gasteiger partial charge in [0, 0.05) is 37.4 Å². The SMILES string of the molecule is CNc1ccccc1NCc1ccc(CNC(=O)[C@H](O)[C@@H](O)C(=O)N(C)C)s1. The Kier molecular flexibility index (Phi) is 7.80. The van der Waals surface area contributed by atoms with Gasteiger partial charge in [0.25, 0.3) is 11.8 Å². The third-order valence-electron chi connectivity index (χ3n) is 4.07. The average Bonchev–Trinajstić information content (AvgIpc) is 3.16. The molecule has 0 aliphatic carbocycles. The number of amides is 2. The molecule has 0 bridgehead atoms. The number of likely N-dealkylation sites (N-methyl/N-ethyl adjacent to an activating group) is 1. The minimum Gasteiger partial charge on any atom is -0.386 e. The molecule has 0 unspecified atom stereocenters. The molecule has 0 fully saturated rings. The van der Waals surface area contributed by atoms with Crippen LogP contribution in [-0.2, 0) is 22.7 Å². The molecule has 152 valence electrons. The van der Waals surface area contributed by atoms with E-state index in [1.807, 2.05) is 43.4 Å². The van der Waals surface area contributed by atoms with Crippen molar-refractivity contribution in [2.75, 3.05) is 31.8 Å². The quantitative estimate of drug-likeness (QED) is 0.422. The van der Waals surface area contributed by atoms with Gasteiger partial charge in [0.05, 0.1) is 17.9 Å². The molecule has 2 rings (SSSR count). The lowest BCUT2D eigenvalue weighted by Gasteiger charge is -2.19. The molecule has 0 aliphatic rings. The summed E-state index contributed by atoms with van der Waals surface area (Å²) in [4.78, 5) is 26.7.